The molecule has 1 atom stereocenters. The van der Waals surface area contributed by atoms with Crippen LogP contribution in [0.15, 0.2) is 64.6 Å². The lowest BCUT2D eigenvalue weighted by atomic mass is 9.98. The summed E-state index contributed by atoms with van der Waals surface area (Å²) in [5.41, 5.74) is 1.47. The largest absolute Gasteiger partial charge is 0.507 e. The van der Waals surface area contributed by atoms with E-state index in [0.717, 1.165) is 5.56 Å². The summed E-state index contributed by atoms with van der Waals surface area (Å²) >= 11 is 6.35. The van der Waals surface area contributed by atoms with Crippen molar-refractivity contribution in [2.75, 3.05) is 11.5 Å². The van der Waals surface area contributed by atoms with Crippen LogP contribution in [0.1, 0.15) is 35.6 Å². The topological polar surface area (TPSA) is 80.0 Å². The highest BCUT2D eigenvalue weighted by Gasteiger charge is 2.48. The summed E-state index contributed by atoms with van der Waals surface area (Å²) in [5, 5.41) is 11.5. The van der Waals surface area contributed by atoms with Gasteiger partial charge in [-0.2, -0.15) is 0 Å². The first kappa shape index (κ1) is 21.7. The quantitative estimate of drug-likeness (QED) is 0.311. The van der Waals surface area contributed by atoms with Crippen molar-refractivity contribution in [3.8, 4) is 5.75 Å². The number of carbonyl (C=O) groups is 2. The Morgan fingerprint density at radius 3 is 2.53 bits per heavy atom. The Hall–Kier alpha value is -3.51. The standard InChI is InChI=1S/C25H22ClNO5/c1-4-31-16-10-11-18(26)17(13-16)23(28)21-22(20-12-9-15(3)32-20)27(25(30)24(21)29)19-8-6-5-7-14(19)2/h5-13,22,28H,4H2,1-3H3/b23-21+. The Bertz CT molecular complexity index is 1240. The number of hydrogen-bond donors (Lipinski definition) is 1. The summed E-state index contributed by atoms with van der Waals surface area (Å²) < 4.78 is 11.3. The molecule has 1 unspecified atom stereocenters. The number of ether oxygens (including phenoxy) is 1. The fraction of sp³-hybridized carbons (Fsp3) is 0.200. The highest BCUT2D eigenvalue weighted by molar-refractivity contribution is 6.52. The number of halogens is 1. The van der Waals surface area contributed by atoms with Crippen LogP contribution in [0.25, 0.3) is 5.76 Å². The second-order valence-electron chi connectivity index (χ2n) is 7.48. The molecule has 0 spiro atoms. The summed E-state index contributed by atoms with van der Waals surface area (Å²) in [4.78, 5) is 27.7. The van der Waals surface area contributed by atoms with E-state index in [9.17, 15) is 14.7 Å². The van der Waals surface area contributed by atoms with Crippen molar-refractivity contribution in [1.29, 1.82) is 0 Å². The Labute approximate surface area is 190 Å². The molecular formula is C25H22ClNO5. The van der Waals surface area contributed by atoms with Crippen molar-refractivity contribution >= 4 is 34.7 Å². The Morgan fingerprint density at radius 2 is 1.88 bits per heavy atom. The number of benzene rings is 2. The molecule has 2 heterocycles. The molecule has 32 heavy (non-hydrogen) atoms. The highest BCUT2D eigenvalue weighted by atomic mass is 35.5. The summed E-state index contributed by atoms with van der Waals surface area (Å²) in [6.07, 6.45) is 0. The number of ketones is 1. The third kappa shape index (κ3) is 3.67. The van der Waals surface area contributed by atoms with Crippen LogP contribution in [0.2, 0.25) is 5.02 Å². The maximum Gasteiger partial charge on any atom is 0.300 e. The number of hydrogen-bond acceptors (Lipinski definition) is 5. The van der Waals surface area contributed by atoms with Gasteiger partial charge in [-0.1, -0.05) is 29.8 Å². The minimum atomic E-state index is -0.948. The van der Waals surface area contributed by atoms with Crippen molar-refractivity contribution in [3.63, 3.8) is 0 Å². The Morgan fingerprint density at radius 1 is 1.12 bits per heavy atom. The van der Waals surface area contributed by atoms with Gasteiger partial charge in [0.2, 0.25) is 0 Å². The van der Waals surface area contributed by atoms with Crippen LogP contribution in [0.5, 0.6) is 5.75 Å². The number of amides is 1. The lowest BCUT2D eigenvalue weighted by molar-refractivity contribution is -0.132. The van der Waals surface area contributed by atoms with Crippen LogP contribution in [0, 0.1) is 13.8 Å². The Balaban J connectivity index is 1.96. The fourth-order valence-electron chi connectivity index (χ4n) is 3.87. The van der Waals surface area contributed by atoms with Gasteiger partial charge in [0.1, 0.15) is 29.1 Å². The lowest BCUT2D eigenvalue weighted by Gasteiger charge is -2.25. The zero-order chi connectivity index (χ0) is 23.0. The van der Waals surface area contributed by atoms with Gasteiger partial charge < -0.3 is 14.3 Å². The molecule has 1 amide bonds. The van der Waals surface area contributed by atoms with Gasteiger partial charge in [-0.3, -0.25) is 14.5 Å². The molecule has 1 fully saturated rings. The van der Waals surface area contributed by atoms with Crippen molar-refractivity contribution in [3.05, 3.63) is 87.8 Å². The number of aryl methyl sites for hydroxylation is 2. The van der Waals surface area contributed by atoms with Gasteiger partial charge in [-0.05, 0) is 62.7 Å². The average Bonchev–Trinajstić information content (AvgIpc) is 3.31. The number of aliphatic hydroxyl groups is 1. The van der Waals surface area contributed by atoms with Crippen LogP contribution in [0.3, 0.4) is 0 Å². The van der Waals surface area contributed by atoms with Crippen molar-refractivity contribution in [1.82, 2.24) is 0 Å². The maximum absolute atomic E-state index is 13.2. The molecule has 0 aliphatic carbocycles. The molecule has 4 rings (SSSR count). The first-order valence-corrected chi connectivity index (χ1v) is 10.6. The van der Waals surface area contributed by atoms with E-state index in [1.807, 2.05) is 26.0 Å². The van der Waals surface area contributed by atoms with E-state index < -0.39 is 17.7 Å². The average molecular weight is 452 g/mol. The number of anilines is 1. The summed E-state index contributed by atoms with van der Waals surface area (Å²) in [5.74, 6) is -0.489. The number of nitrogens with zero attached hydrogens (tertiary/aromatic N) is 1. The predicted molar refractivity (Wildman–Crippen MR) is 122 cm³/mol. The van der Waals surface area contributed by atoms with Crippen LogP contribution >= 0.6 is 11.6 Å². The van der Waals surface area contributed by atoms with Crippen LogP contribution < -0.4 is 9.64 Å². The van der Waals surface area contributed by atoms with E-state index in [1.54, 1.807) is 49.4 Å². The SMILES string of the molecule is CCOc1ccc(Cl)c(/C(O)=C2\C(=O)C(=O)N(c3ccccc3C)C2c2ccc(C)o2)c1. The van der Waals surface area contributed by atoms with E-state index in [1.165, 1.54) is 4.90 Å². The van der Waals surface area contributed by atoms with Gasteiger partial charge in [0, 0.05) is 11.3 Å². The third-order valence-corrected chi connectivity index (χ3v) is 5.68. The zero-order valence-electron chi connectivity index (χ0n) is 17.9. The molecule has 164 valence electrons. The molecular weight excluding hydrogens is 430 g/mol. The first-order valence-electron chi connectivity index (χ1n) is 10.2. The van der Waals surface area contributed by atoms with Crippen LogP contribution in [0.4, 0.5) is 5.69 Å². The van der Waals surface area contributed by atoms with E-state index in [0.29, 0.717) is 29.6 Å². The second kappa shape index (κ2) is 8.55. The normalized spacial score (nSPS) is 17.8. The van der Waals surface area contributed by atoms with Crippen LogP contribution in [-0.4, -0.2) is 23.4 Å². The molecule has 1 N–H and O–H groups in total. The van der Waals surface area contributed by atoms with Crippen LogP contribution in [-0.2, 0) is 9.59 Å². The van der Waals surface area contributed by atoms with Crippen molar-refractivity contribution in [2.24, 2.45) is 0 Å². The molecule has 0 radical (unpaired) electrons. The zero-order valence-corrected chi connectivity index (χ0v) is 18.6. The predicted octanol–water partition coefficient (Wildman–Crippen LogP) is 5.57. The van der Waals surface area contributed by atoms with Gasteiger partial charge in [-0.15, -0.1) is 0 Å². The number of aliphatic hydroxyl groups excluding tert-OH is 1. The molecule has 0 bridgehead atoms. The number of Topliss-reactive ketones (excluding diaryl/α,β-unsaturated/α-hetero) is 1. The molecule has 1 saturated heterocycles. The van der Waals surface area contributed by atoms with Gasteiger partial charge in [0.15, 0.2) is 0 Å². The van der Waals surface area contributed by atoms with Gasteiger partial charge in [0.05, 0.1) is 17.2 Å². The number of furan rings is 1. The fourth-order valence-corrected chi connectivity index (χ4v) is 4.08. The summed E-state index contributed by atoms with van der Waals surface area (Å²) in [7, 11) is 0. The molecule has 0 saturated carbocycles. The van der Waals surface area contributed by atoms with E-state index in [4.69, 9.17) is 20.8 Å². The molecule has 7 heteroatoms. The molecule has 6 nitrogen and oxygen atoms in total. The molecule has 1 aromatic heterocycles. The van der Waals surface area contributed by atoms with Gasteiger partial charge in [0.25, 0.3) is 11.7 Å². The number of rotatable bonds is 5. The van der Waals surface area contributed by atoms with E-state index in [-0.39, 0.29) is 21.9 Å². The summed E-state index contributed by atoms with van der Waals surface area (Å²) in [6.45, 7) is 5.87. The maximum atomic E-state index is 13.2. The van der Waals surface area contributed by atoms with E-state index in [2.05, 4.69) is 0 Å². The highest BCUT2D eigenvalue weighted by Crippen LogP contribution is 2.44. The summed E-state index contributed by atoms with van der Waals surface area (Å²) in [6, 6.07) is 14.5. The van der Waals surface area contributed by atoms with Gasteiger partial charge in [-0.25, -0.2) is 0 Å². The van der Waals surface area contributed by atoms with Crippen molar-refractivity contribution in [2.45, 2.75) is 26.8 Å². The molecule has 3 aromatic rings. The number of para-hydroxylation sites is 1. The van der Waals surface area contributed by atoms with Crippen molar-refractivity contribution < 1.29 is 23.8 Å². The lowest BCUT2D eigenvalue weighted by Crippen LogP contribution is -2.29. The van der Waals surface area contributed by atoms with E-state index >= 15 is 0 Å². The monoisotopic (exact) mass is 451 g/mol. The Kier molecular flexibility index (Phi) is 5.80. The van der Waals surface area contributed by atoms with Gasteiger partial charge >= 0.3 is 0 Å². The smallest absolute Gasteiger partial charge is 0.300 e. The first-order chi connectivity index (χ1) is 15.3. The molecule has 2 aromatic carbocycles. The minimum absolute atomic E-state index is 0.0943. The minimum Gasteiger partial charge on any atom is -0.507 e. The molecule has 1 aliphatic heterocycles. The third-order valence-electron chi connectivity index (χ3n) is 5.35. The number of carbonyl (C=O) groups excluding carboxylic acids is 2. The molecule has 1 aliphatic rings. The second-order valence-corrected chi connectivity index (χ2v) is 7.89.